The van der Waals surface area contributed by atoms with Gasteiger partial charge in [-0.1, -0.05) is 15.9 Å². The first-order valence-corrected chi connectivity index (χ1v) is 6.21. The molecule has 0 aliphatic heterocycles. The minimum atomic E-state index is -2.13. The van der Waals surface area contributed by atoms with E-state index >= 15 is 0 Å². The molecule has 19 heavy (non-hydrogen) atoms. The fourth-order valence-corrected chi connectivity index (χ4v) is 2.09. The van der Waals surface area contributed by atoms with Crippen LogP contribution in [0.25, 0.3) is 0 Å². The lowest BCUT2D eigenvalue weighted by Crippen LogP contribution is -2.32. The average molecular weight is 331 g/mol. The third-order valence-electron chi connectivity index (χ3n) is 2.44. The van der Waals surface area contributed by atoms with E-state index in [1.54, 1.807) is 13.0 Å². The minimum Gasteiger partial charge on any atom is -0.506 e. The maximum Gasteiger partial charge on any atom is 0.342 e. The van der Waals surface area contributed by atoms with Crippen molar-refractivity contribution in [1.29, 1.82) is 5.26 Å². The van der Waals surface area contributed by atoms with Crippen molar-refractivity contribution in [3.05, 3.63) is 27.7 Å². The maximum atomic E-state index is 13.8. The van der Waals surface area contributed by atoms with Crippen molar-refractivity contribution < 1.29 is 19.0 Å². The molecule has 0 radical (unpaired) electrons. The normalized spacial score (nSPS) is 13.4. The van der Waals surface area contributed by atoms with Gasteiger partial charge in [0.25, 0.3) is 0 Å². The van der Waals surface area contributed by atoms with Crippen LogP contribution in [0, 0.1) is 11.3 Å². The molecule has 1 unspecified atom stereocenters. The van der Waals surface area contributed by atoms with E-state index in [9.17, 15) is 14.3 Å². The average Bonchev–Trinajstić information content (AvgIpc) is 2.38. The Hall–Kier alpha value is -1.65. The van der Waals surface area contributed by atoms with E-state index in [-0.39, 0.29) is 17.7 Å². The molecule has 0 fully saturated rings. The molecule has 1 rings (SSSR count). The van der Waals surface area contributed by atoms with Gasteiger partial charge in [0.2, 0.25) is 6.17 Å². The van der Waals surface area contributed by atoms with Crippen molar-refractivity contribution >= 4 is 21.9 Å². The third-order valence-corrected chi connectivity index (χ3v) is 3.14. The number of esters is 1. The Morgan fingerprint density at radius 3 is 2.84 bits per heavy atom. The number of nitrogens with two attached hydrogens (primary N) is 1. The number of carbonyl (C=O) groups excluding carboxylic acids is 1. The highest BCUT2D eigenvalue weighted by Crippen LogP contribution is 2.35. The summed E-state index contributed by atoms with van der Waals surface area (Å²) in [4.78, 5) is 11.3. The quantitative estimate of drug-likeness (QED) is 0.822. The van der Waals surface area contributed by atoms with Crippen molar-refractivity contribution in [2.24, 2.45) is 5.73 Å². The zero-order valence-electron chi connectivity index (χ0n) is 10.1. The number of aromatic hydroxyl groups is 1. The monoisotopic (exact) mass is 330 g/mol. The lowest BCUT2D eigenvalue weighted by Gasteiger charge is -2.18. The molecular formula is C12H12BrFN2O3. The van der Waals surface area contributed by atoms with Crippen molar-refractivity contribution in [3.63, 3.8) is 0 Å². The molecule has 0 aliphatic carbocycles. The number of ether oxygens (including phenoxy) is 1. The summed E-state index contributed by atoms with van der Waals surface area (Å²) < 4.78 is 18.7. The predicted octanol–water partition coefficient (Wildman–Crippen LogP) is 1.93. The standard InChI is InChI=1S/C12H12BrFN2O3/c1-2-19-12(18)9(14)10(16)8-7(13)4-3-6(5-15)11(8)17/h3-4,9-10,17H,2,16H2,1H3/t9?,10-/m1/s1. The lowest BCUT2D eigenvalue weighted by atomic mass is 9.99. The first kappa shape index (κ1) is 15.4. The molecule has 0 saturated carbocycles. The van der Waals surface area contributed by atoms with E-state index in [1.807, 2.05) is 0 Å². The molecule has 1 aromatic carbocycles. The van der Waals surface area contributed by atoms with Gasteiger partial charge in [-0.2, -0.15) is 5.26 Å². The Morgan fingerprint density at radius 2 is 2.32 bits per heavy atom. The van der Waals surface area contributed by atoms with Crippen LogP contribution in [0.15, 0.2) is 16.6 Å². The van der Waals surface area contributed by atoms with E-state index in [0.717, 1.165) is 0 Å². The van der Waals surface area contributed by atoms with Gasteiger partial charge in [-0.15, -0.1) is 0 Å². The molecule has 102 valence electrons. The van der Waals surface area contributed by atoms with E-state index in [0.29, 0.717) is 4.47 Å². The SMILES string of the molecule is CCOC(=O)C(F)[C@H](N)c1c(Br)ccc(C#N)c1O. The van der Waals surface area contributed by atoms with E-state index in [4.69, 9.17) is 11.0 Å². The van der Waals surface area contributed by atoms with Crippen LogP contribution < -0.4 is 5.73 Å². The van der Waals surface area contributed by atoms with Crippen LogP contribution in [0.2, 0.25) is 0 Å². The molecule has 1 aromatic rings. The Balaban J connectivity index is 3.16. The van der Waals surface area contributed by atoms with Gasteiger partial charge in [0.15, 0.2) is 0 Å². The molecule has 0 amide bonds. The van der Waals surface area contributed by atoms with Crippen LogP contribution in [0.1, 0.15) is 24.1 Å². The summed E-state index contributed by atoms with van der Waals surface area (Å²) in [7, 11) is 0. The molecule has 2 atom stereocenters. The first-order chi connectivity index (χ1) is 8.93. The largest absolute Gasteiger partial charge is 0.506 e. The smallest absolute Gasteiger partial charge is 0.342 e. The number of benzene rings is 1. The van der Waals surface area contributed by atoms with Gasteiger partial charge in [0, 0.05) is 10.0 Å². The fourth-order valence-electron chi connectivity index (χ4n) is 1.51. The van der Waals surface area contributed by atoms with E-state index < -0.39 is 23.9 Å². The number of nitrogens with zero attached hydrogens (tertiary/aromatic N) is 1. The van der Waals surface area contributed by atoms with Gasteiger partial charge < -0.3 is 15.6 Å². The zero-order valence-corrected chi connectivity index (χ0v) is 11.6. The highest BCUT2D eigenvalue weighted by Gasteiger charge is 2.31. The Bertz CT molecular complexity index is 530. The molecule has 3 N–H and O–H groups in total. The van der Waals surface area contributed by atoms with Crippen LogP contribution in [-0.4, -0.2) is 23.9 Å². The van der Waals surface area contributed by atoms with E-state index in [2.05, 4.69) is 20.7 Å². The van der Waals surface area contributed by atoms with Crippen LogP contribution in [0.4, 0.5) is 4.39 Å². The predicted molar refractivity (Wildman–Crippen MR) is 69.0 cm³/mol. The topological polar surface area (TPSA) is 96.3 Å². The minimum absolute atomic E-state index is 0.0252. The summed E-state index contributed by atoms with van der Waals surface area (Å²) in [6.07, 6.45) is -2.13. The first-order valence-electron chi connectivity index (χ1n) is 5.41. The number of carbonyl (C=O) groups is 1. The summed E-state index contributed by atoms with van der Waals surface area (Å²) in [5.74, 6) is -1.56. The molecule has 5 nitrogen and oxygen atoms in total. The third kappa shape index (κ3) is 3.22. The summed E-state index contributed by atoms with van der Waals surface area (Å²) in [6, 6.07) is 3.12. The Morgan fingerprint density at radius 1 is 1.68 bits per heavy atom. The fraction of sp³-hybridized carbons (Fsp3) is 0.333. The van der Waals surface area contributed by atoms with Gasteiger partial charge in [0.1, 0.15) is 11.8 Å². The molecule has 0 bridgehead atoms. The van der Waals surface area contributed by atoms with Gasteiger partial charge in [-0.05, 0) is 19.1 Å². The number of alkyl halides is 1. The summed E-state index contributed by atoms with van der Waals surface area (Å²) in [6.45, 7) is 1.57. The van der Waals surface area contributed by atoms with Crippen molar-refractivity contribution in [2.45, 2.75) is 19.1 Å². The van der Waals surface area contributed by atoms with Gasteiger partial charge in [-0.25, -0.2) is 9.18 Å². The highest BCUT2D eigenvalue weighted by molar-refractivity contribution is 9.10. The Labute approximate surface area is 117 Å². The van der Waals surface area contributed by atoms with Crippen molar-refractivity contribution in [1.82, 2.24) is 0 Å². The van der Waals surface area contributed by atoms with Gasteiger partial charge >= 0.3 is 5.97 Å². The van der Waals surface area contributed by atoms with Crippen LogP contribution in [-0.2, 0) is 9.53 Å². The second kappa shape index (κ2) is 6.50. The van der Waals surface area contributed by atoms with Crippen LogP contribution >= 0.6 is 15.9 Å². The van der Waals surface area contributed by atoms with Crippen LogP contribution in [0.5, 0.6) is 5.75 Å². The van der Waals surface area contributed by atoms with Gasteiger partial charge in [-0.3, -0.25) is 0 Å². The molecular weight excluding hydrogens is 319 g/mol. The second-order valence-corrected chi connectivity index (χ2v) is 4.50. The number of hydrogen-bond acceptors (Lipinski definition) is 5. The molecule has 0 spiro atoms. The zero-order chi connectivity index (χ0) is 14.6. The number of nitriles is 1. The van der Waals surface area contributed by atoms with Crippen molar-refractivity contribution in [3.8, 4) is 11.8 Å². The second-order valence-electron chi connectivity index (χ2n) is 3.65. The summed E-state index contributed by atoms with van der Waals surface area (Å²) in [5.41, 5.74) is 5.53. The number of phenolic OH excluding ortho intramolecular Hbond substituents is 1. The lowest BCUT2D eigenvalue weighted by molar-refractivity contribution is -0.149. The molecule has 0 saturated heterocycles. The van der Waals surface area contributed by atoms with Crippen molar-refractivity contribution in [2.75, 3.05) is 6.61 Å². The Kier molecular flexibility index (Phi) is 5.27. The van der Waals surface area contributed by atoms with Gasteiger partial charge in [0.05, 0.1) is 18.2 Å². The van der Waals surface area contributed by atoms with E-state index in [1.165, 1.54) is 12.1 Å². The molecule has 0 aliphatic rings. The highest BCUT2D eigenvalue weighted by atomic mass is 79.9. The molecule has 0 aromatic heterocycles. The number of hydrogen-bond donors (Lipinski definition) is 2. The summed E-state index contributed by atoms with van der Waals surface area (Å²) >= 11 is 3.10. The number of halogens is 2. The summed E-state index contributed by atoms with van der Waals surface area (Å²) in [5, 5.41) is 18.6. The van der Waals surface area contributed by atoms with Crippen LogP contribution in [0.3, 0.4) is 0 Å². The number of phenols is 1. The molecule has 0 heterocycles. The molecule has 7 heteroatoms. The maximum absolute atomic E-state index is 13.8. The number of rotatable bonds is 4.